The molecule has 1 fully saturated rings. The molecule has 5 rings (SSSR count). The molecule has 0 atom stereocenters. The molecule has 1 aliphatic rings. The number of thiophene rings is 2. The summed E-state index contributed by atoms with van der Waals surface area (Å²) >= 11 is 2.85. The van der Waals surface area contributed by atoms with Crippen LogP contribution in [-0.4, -0.2) is 54.1 Å². The average Bonchev–Trinajstić information content (AvgIpc) is 3.58. The highest BCUT2D eigenvalue weighted by Gasteiger charge is 2.31. The zero-order valence-electron chi connectivity index (χ0n) is 19.6. The van der Waals surface area contributed by atoms with Crippen molar-refractivity contribution >= 4 is 50.5 Å². The summed E-state index contributed by atoms with van der Waals surface area (Å²) < 4.78 is 21.4. The Morgan fingerprint density at radius 3 is 2.53 bits per heavy atom. The van der Waals surface area contributed by atoms with Crippen molar-refractivity contribution in [2.75, 3.05) is 37.7 Å². The van der Waals surface area contributed by atoms with Crippen LogP contribution in [0.5, 0.6) is 0 Å². The lowest BCUT2D eigenvalue weighted by Gasteiger charge is -2.36. The molecular weight excluding hydrogens is 501 g/mol. The van der Waals surface area contributed by atoms with E-state index < -0.39 is 11.5 Å². The Bertz CT molecular complexity index is 1470. The zero-order valence-corrected chi connectivity index (χ0v) is 21.2. The van der Waals surface area contributed by atoms with Gasteiger partial charge in [0.1, 0.15) is 11.4 Å². The van der Waals surface area contributed by atoms with E-state index in [-0.39, 0.29) is 30.4 Å². The molecule has 1 aromatic carbocycles. The van der Waals surface area contributed by atoms with Crippen LogP contribution < -0.4 is 10.5 Å². The van der Waals surface area contributed by atoms with Gasteiger partial charge in [-0.2, -0.15) is 0 Å². The number of fused-ring (bicyclic) bond motifs is 1. The van der Waals surface area contributed by atoms with Gasteiger partial charge in [0, 0.05) is 26.2 Å². The lowest BCUT2D eigenvalue weighted by molar-refractivity contribution is 0.0523. The molecule has 36 heavy (non-hydrogen) atoms. The van der Waals surface area contributed by atoms with Crippen LogP contribution in [0.25, 0.3) is 10.2 Å². The largest absolute Gasteiger partial charge is 0.462 e. The maximum absolute atomic E-state index is 13.8. The summed E-state index contributed by atoms with van der Waals surface area (Å²) in [4.78, 5) is 44.1. The lowest BCUT2D eigenvalue weighted by Crippen LogP contribution is -2.49. The number of carbonyl (C=O) groups excluding carboxylic acids is 2. The zero-order chi connectivity index (χ0) is 25.2. The van der Waals surface area contributed by atoms with Crippen molar-refractivity contribution in [3.05, 3.63) is 85.4 Å². The Labute approximate surface area is 214 Å². The topological polar surface area (TPSA) is 71.8 Å². The second-order valence-corrected chi connectivity index (χ2v) is 10.2. The van der Waals surface area contributed by atoms with Gasteiger partial charge in [-0.3, -0.25) is 9.59 Å². The van der Waals surface area contributed by atoms with Crippen LogP contribution in [0.2, 0.25) is 0 Å². The van der Waals surface area contributed by atoms with Gasteiger partial charge >= 0.3 is 5.97 Å². The normalized spacial score (nSPS) is 13.8. The average molecular weight is 526 g/mol. The van der Waals surface area contributed by atoms with Crippen molar-refractivity contribution in [1.29, 1.82) is 0 Å². The number of aromatic nitrogens is 1. The van der Waals surface area contributed by atoms with E-state index in [2.05, 4.69) is 0 Å². The Kier molecular flexibility index (Phi) is 6.88. The monoisotopic (exact) mass is 525 g/mol. The summed E-state index contributed by atoms with van der Waals surface area (Å²) in [6.45, 7) is 3.85. The molecule has 186 valence electrons. The molecule has 4 heterocycles. The third-order valence-corrected chi connectivity index (χ3v) is 7.94. The fraction of sp³-hybridized carbons (Fsp3) is 0.269. The number of piperazine rings is 1. The number of hydrogen-bond donors (Lipinski definition) is 0. The first kappa shape index (κ1) is 24.2. The predicted molar refractivity (Wildman–Crippen MR) is 140 cm³/mol. The molecule has 0 N–H and O–H groups in total. The van der Waals surface area contributed by atoms with E-state index in [1.165, 1.54) is 39.4 Å². The van der Waals surface area contributed by atoms with E-state index in [1.54, 1.807) is 24.0 Å². The number of esters is 1. The smallest absolute Gasteiger partial charge is 0.345 e. The molecule has 3 aromatic heterocycles. The fourth-order valence-electron chi connectivity index (χ4n) is 4.50. The number of benzene rings is 1. The second-order valence-electron chi connectivity index (χ2n) is 8.36. The fourth-order valence-corrected chi connectivity index (χ4v) is 6.17. The third-order valence-electron chi connectivity index (χ3n) is 6.17. The number of amides is 1. The van der Waals surface area contributed by atoms with Crippen LogP contribution in [0.1, 0.15) is 32.5 Å². The Hall–Kier alpha value is -3.50. The van der Waals surface area contributed by atoms with Gasteiger partial charge in [0.2, 0.25) is 0 Å². The van der Waals surface area contributed by atoms with Crippen molar-refractivity contribution in [1.82, 2.24) is 9.47 Å². The molecule has 0 unspecified atom stereocenters. The van der Waals surface area contributed by atoms with Crippen LogP contribution >= 0.6 is 22.7 Å². The highest BCUT2D eigenvalue weighted by molar-refractivity contribution is 7.17. The van der Waals surface area contributed by atoms with E-state index >= 15 is 0 Å². The SMILES string of the molecule is CCOC(=O)c1c(N2CCN(C(=O)c3cccs3)CC2)c2sccc2n(Cc2cccc(F)c2)c1=O. The minimum absolute atomic E-state index is 0.0120. The first-order chi connectivity index (χ1) is 17.5. The third kappa shape index (κ3) is 4.54. The quantitative estimate of drug-likeness (QED) is 0.348. The Morgan fingerprint density at radius 2 is 1.83 bits per heavy atom. The van der Waals surface area contributed by atoms with Gasteiger partial charge in [-0.25, -0.2) is 9.18 Å². The summed E-state index contributed by atoms with van der Waals surface area (Å²) in [5, 5.41) is 3.75. The van der Waals surface area contributed by atoms with Crippen LogP contribution in [0.15, 0.2) is 58.0 Å². The minimum Gasteiger partial charge on any atom is -0.462 e. The van der Waals surface area contributed by atoms with Gasteiger partial charge in [0.05, 0.1) is 33.9 Å². The predicted octanol–water partition coefficient (Wildman–Crippen LogP) is 4.45. The maximum Gasteiger partial charge on any atom is 0.345 e. The van der Waals surface area contributed by atoms with Crippen molar-refractivity contribution in [3.63, 3.8) is 0 Å². The molecule has 7 nitrogen and oxygen atoms in total. The Morgan fingerprint density at radius 1 is 1.03 bits per heavy atom. The maximum atomic E-state index is 13.8. The number of hydrogen-bond acceptors (Lipinski definition) is 7. The second kappa shape index (κ2) is 10.2. The molecule has 0 spiro atoms. The van der Waals surface area contributed by atoms with E-state index in [0.29, 0.717) is 47.8 Å². The molecule has 0 radical (unpaired) electrons. The molecule has 0 aliphatic carbocycles. The first-order valence-corrected chi connectivity index (χ1v) is 13.4. The number of pyridine rings is 1. The summed E-state index contributed by atoms with van der Waals surface area (Å²) in [5.74, 6) is -1.08. The molecule has 0 bridgehead atoms. The van der Waals surface area contributed by atoms with E-state index in [4.69, 9.17) is 4.74 Å². The van der Waals surface area contributed by atoms with Crippen LogP contribution in [0.3, 0.4) is 0 Å². The van der Waals surface area contributed by atoms with Gasteiger partial charge in [-0.1, -0.05) is 18.2 Å². The number of anilines is 1. The number of nitrogens with zero attached hydrogens (tertiary/aromatic N) is 3. The van der Waals surface area contributed by atoms with Gasteiger partial charge in [-0.05, 0) is 47.5 Å². The van der Waals surface area contributed by atoms with Crippen LogP contribution in [0, 0.1) is 5.82 Å². The summed E-state index contributed by atoms with van der Waals surface area (Å²) in [7, 11) is 0. The van der Waals surface area contributed by atoms with Crippen molar-refractivity contribution in [3.8, 4) is 0 Å². The summed E-state index contributed by atoms with van der Waals surface area (Å²) in [5.41, 5.74) is 1.33. The lowest BCUT2D eigenvalue weighted by atomic mass is 10.1. The van der Waals surface area contributed by atoms with E-state index in [1.807, 2.05) is 33.9 Å². The number of rotatable bonds is 6. The number of halogens is 1. The first-order valence-electron chi connectivity index (χ1n) is 11.6. The van der Waals surface area contributed by atoms with Crippen molar-refractivity contribution in [2.45, 2.75) is 13.5 Å². The van der Waals surface area contributed by atoms with Crippen molar-refractivity contribution < 1.29 is 18.7 Å². The number of ether oxygens (including phenoxy) is 1. The van der Waals surface area contributed by atoms with Gasteiger partial charge < -0.3 is 19.1 Å². The number of carbonyl (C=O) groups is 2. The van der Waals surface area contributed by atoms with E-state index in [9.17, 15) is 18.8 Å². The van der Waals surface area contributed by atoms with Gasteiger partial charge in [0.15, 0.2) is 0 Å². The summed E-state index contributed by atoms with van der Waals surface area (Å²) in [6, 6.07) is 11.6. The van der Waals surface area contributed by atoms with Crippen LogP contribution in [0.4, 0.5) is 10.1 Å². The molecule has 1 amide bonds. The summed E-state index contributed by atoms with van der Waals surface area (Å²) in [6.07, 6.45) is 0. The molecule has 1 saturated heterocycles. The van der Waals surface area contributed by atoms with Crippen LogP contribution in [-0.2, 0) is 11.3 Å². The minimum atomic E-state index is -0.683. The molecule has 0 saturated carbocycles. The molecule has 10 heteroatoms. The van der Waals surface area contributed by atoms with E-state index in [0.717, 1.165) is 4.70 Å². The van der Waals surface area contributed by atoms with Crippen molar-refractivity contribution in [2.24, 2.45) is 0 Å². The van der Waals surface area contributed by atoms with Gasteiger partial charge in [-0.15, -0.1) is 22.7 Å². The standard InChI is InChI=1S/C26H24FN3O4S2/c1-2-34-26(33)21-22(28-9-11-29(12-10-28)24(31)20-7-4-13-35-20)23-19(8-14-36-23)30(25(21)32)16-17-5-3-6-18(27)15-17/h3-8,13-15H,2,9-12,16H2,1H3. The molecule has 1 aliphatic heterocycles. The highest BCUT2D eigenvalue weighted by Crippen LogP contribution is 2.35. The van der Waals surface area contributed by atoms with Gasteiger partial charge in [0.25, 0.3) is 11.5 Å². The Balaban J connectivity index is 1.54. The highest BCUT2D eigenvalue weighted by atomic mass is 32.1. The molecular formula is C26H24FN3O4S2. The molecule has 4 aromatic rings.